The molecule has 0 aliphatic heterocycles. The Kier molecular flexibility index (Phi) is 11.3. The quantitative estimate of drug-likeness (QED) is 0.244. The molecule has 3 aromatic rings. The predicted octanol–water partition coefficient (Wildman–Crippen LogP) is 6.45. The number of rotatable bonds is 12. The molecule has 0 aromatic heterocycles. The first-order chi connectivity index (χ1) is 20.6. The monoisotopic (exact) mass is 645 g/mol. The molecule has 1 atom stereocenters. The van der Waals surface area contributed by atoms with Gasteiger partial charge in [-0.1, -0.05) is 79.7 Å². The van der Waals surface area contributed by atoms with Gasteiger partial charge in [0, 0.05) is 17.6 Å². The molecule has 1 fully saturated rings. The van der Waals surface area contributed by atoms with E-state index in [9.17, 15) is 18.0 Å². The summed E-state index contributed by atoms with van der Waals surface area (Å²) in [4.78, 5) is 29.4. The van der Waals surface area contributed by atoms with E-state index in [1.807, 2.05) is 13.0 Å². The van der Waals surface area contributed by atoms with Crippen LogP contribution in [-0.4, -0.2) is 50.9 Å². The maximum absolute atomic E-state index is 14.3. The average molecular weight is 647 g/mol. The Morgan fingerprint density at radius 3 is 2.37 bits per heavy atom. The Balaban J connectivity index is 1.74. The lowest BCUT2D eigenvalue weighted by atomic mass is 9.95. The first-order valence-corrected chi connectivity index (χ1v) is 16.6. The second-order valence-electron chi connectivity index (χ2n) is 10.6. The molecule has 43 heavy (non-hydrogen) atoms. The smallest absolute Gasteiger partial charge is 0.264 e. The average Bonchev–Trinajstić information content (AvgIpc) is 3.02. The predicted molar refractivity (Wildman–Crippen MR) is 170 cm³/mol. The Labute approximate surface area is 264 Å². The minimum Gasteiger partial charge on any atom is -0.497 e. The molecule has 0 saturated heterocycles. The van der Waals surface area contributed by atoms with Crippen molar-refractivity contribution in [3.05, 3.63) is 88.4 Å². The number of hydrogen-bond donors (Lipinski definition) is 1. The van der Waals surface area contributed by atoms with Gasteiger partial charge in [-0.2, -0.15) is 0 Å². The van der Waals surface area contributed by atoms with Crippen molar-refractivity contribution in [2.24, 2.45) is 0 Å². The largest absolute Gasteiger partial charge is 0.497 e. The Bertz CT molecular complexity index is 1510. The first-order valence-electron chi connectivity index (χ1n) is 14.4. The highest BCUT2D eigenvalue weighted by atomic mass is 35.5. The molecule has 0 heterocycles. The summed E-state index contributed by atoms with van der Waals surface area (Å²) in [7, 11) is -2.71. The summed E-state index contributed by atoms with van der Waals surface area (Å²) in [6.45, 7) is 1.30. The number of sulfonamides is 1. The number of carbonyl (C=O) groups is 2. The van der Waals surface area contributed by atoms with Crippen molar-refractivity contribution in [1.29, 1.82) is 0 Å². The van der Waals surface area contributed by atoms with Crippen LogP contribution in [0.3, 0.4) is 0 Å². The van der Waals surface area contributed by atoms with Crippen LogP contribution in [0.2, 0.25) is 10.0 Å². The number of hydrogen-bond acceptors (Lipinski definition) is 5. The number of anilines is 1. The van der Waals surface area contributed by atoms with Gasteiger partial charge in [0.05, 0.1) is 22.7 Å². The number of nitrogens with one attached hydrogen (secondary N) is 1. The van der Waals surface area contributed by atoms with Gasteiger partial charge in [-0.25, -0.2) is 8.42 Å². The van der Waals surface area contributed by atoms with Crippen molar-refractivity contribution < 1.29 is 22.7 Å². The molecule has 230 valence electrons. The highest BCUT2D eigenvalue weighted by Gasteiger charge is 2.35. The van der Waals surface area contributed by atoms with Crippen LogP contribution in [0.15, 0.2) is 77.7 Å². The fourth-order valence-corrected chi connectivity index (χ4v) is 7.22. The minimum absolute atomic E-state index is 0.0136. The third-order valence-corrected chi connectivity index (χ3v) is 9.94. The van der Waals surface area contributed by atoms with E-state index < -0.39 is 28.5 Å². The Hall–Kier alpha value is -3.27. The molecule has 1 aliphatic carbocycles. The summed E-state index contributed by atoms with van der Waals surface area (Å²) >= 11 is 12.8. The van der Waals surface area contributed by atoms with Gasteiger partial charge in [0.15, 0.2) is 0 Å². The zero-order valence-corrected chi connectivity index (χ0v) is 26.7. The summed E-state index contributed by atoms with van der Waals surface area (Å²) in [6, 6.07) is 18.7. The van der Waals surface area contributed by atoms with Gasteiger partial charge in [-0.3, -0.25) is 13.9 Å². The van der Waals surface area contributed by atoms with Gasteiger partial charge in [0.25, 0.3) is 10.0 Å². The number of halogens is 2. The lowest BCUT2D eigenvalue weighted by Crippen LogP contribution is -2.54. The van der Waals surface area contributed by atoms with Crippen LogP contribution in [0.4, 0.5) is 5.69 Å². The van der Waals surface area contributed by atoms with Crippen LogP contribution in [0.5, 0.6) is 5.75 Å². The SMILES string of the molecule is CCC(C(=O)NC1CCCCC1)N(Cc1cccc(OC)c1)C(=O)CN(c1cc(Cl)ccc1Cl)S(=O)(=O)c1ccccc1. The van der Waals surface area contributed by atoms with E-state index in [4.69, 9.17) is 27.9 Å². The Morgan fingerprint density at radius 1 is 0.977 bits per heavy atom. The van der Waals surface area contributed by atoms with E-state index in [0.29, 0.717) is 12.2 Å². The summed E-state index contributed by atoms with van der Waals surface area (Å²) in [5.74, 6) is -0.225. The molecule has 1 unspecified atom stereocenters. The molecule has 1 aliphatic rings. The van der Waals surface area contributed by atoms with Crippen LogP contribution in [-0.2, 0) is 26.2 Å². The van der Waals surface area contributed by atoms with Crippen LogP contribution in [0.25, 0.3) is 0 Å². The number of methoxy groups -OCH3 is 1. The topological polar surface area (TPSA) is 96.0 Å². The number of carbonyl (C=O) groups excluding carboxylic acids is 2. The van der Waals surface area contributed by atoms with Crippen molar-refractivity contribution in [1.82, 2.24) is 10.2 Å². The van der Waals surface area contributed by atoms with Gasteiger partial charge in [-0.05, 0) is 67.3 Å². The molecule has 8 nitrogen and oxygen atoms in total. The molecule has 11 heteroatoms. The van der Waals surface area contributed by atoms with E-state index in [-0.39, 0.29) is 39.1 Å². The normalized spacial score (nSPS) is 14.5. The fourth-order valence-electron chi connectivity index (χ4n) is 5.34. The minimum atomic E-state index is -4.26. The fraction of sp³-hybridized carbons (Fsp3) is 0.375. The number of ether oxygens (including phenoxy) is 1. The van der Waals surface area contributed by atoms with E-state index >= 15 is 0 Å². The van der Waals surface area contributed by atoms with Crippen LogP contribution < -0.4 is 14.4 Å². The zero-order chi connectivity index (χ0) is 31.0. The maximum atomic E-state index is 14.3. The Morgan fingerprint density at radius 2 is 1.70 bits per heavy atom. The number of amides is 2. The molecule has 2 amide bonds. The summed E-state index contributed by atoms with van der Waals surface area (Å²) in [6.07, 6.45) is 5.34. The van der Waals surface area contributed by atoms with Gasteiger partial charge in [-0.15, -0.1) is 0 Å². The van der Waals surface area contributed by atoms with Gasteiger partial charge in [0.2, 0.25) is 11.8 Å². The van der Waals surface area contributed by atoms with Crippen LogP contribution >= 0.6 is 23.2 Å². The summed E-state index contributed by atoms with van der Waals surface area (Å²) in [5, 5.41) is 3.51. The first kappa shape index (κ1) is 32.6. The van der Waals surface area contributed by atoms with E-state index in [2.05, 4.69) is 5.32 Å². The van der Waals surface area contributed by atoms with E-state index in [1.165, 1.54) is 29.2 Å². The second-order valence-corrected chi connectivity index (χ2v) is 13.3. The van der Waals surface area contributed by atoms with Gasteiger partial charge < -0.3 is 15.0 Å². The highest BCUT2D eigenvalue weighted by molar-refractivity contribution is 7.92. The van der Waals surface area contributed by atoms with Crippen molar-refractivity contribution in [3.8, 4) is 5.75 Å². The van der Waals surface area contributed by atoms with Crippen LogP contribution in [0.1, 0.15) is 51.0 Å². The van der Waals surface area contributed by atoms with Gasteiger partial charge >= 0.3 is 0 Å². The molecule has 1 saturated carbocycles. The standard InChI is InChI=1S/C32H37Cl2N3O5S/c1-3-29(32(39)35-25-12-6-4-7-13-25)36(21-23-11-10-14-26(19-23)42-2)31(38)22-37(30-20-24(33)17-18-28(30)34)43(40,41)27-15-8-5-9-16-27/h5,8-11,14-20,25,29H,3-4,6-7,12-13,21-22H2,1-2H3,(H,35,39). The van der Waals surface area contributed by atoms with E-state index in [1.54, 1.807) is 49.6 Å². The molecular formula is C32H37Cl2N3O5S. The molecule has 0 bridgehead atoms. The lowest BCUT2D eigenvalue weighted by Gasteiger charge is -2.34. The van der Waals surface area contributed by atoms with Crippen molar-refractivity contribution in [3.63, 3.8) is 0 Å². The van der Waals surface area contributed by atoms with Crippen molar-refractivity contribution in [2.45, 2.75) is 69.0 Å². The molecular weight excluding hydrogens is 609 g/mol. The molecule has 3 aromatic carbocycles. The third-order valence-electron chi connectivity index (χ3n) is 7.61. The molecule has 1 N–H and O–H groups in total. The molecule has 0 radical (unpaired) electrons. The second kappa shape index (κ2) is 14.9. The lowest BCUT2D eigenvalue weighted by molar-refractivity contribution is -0.140. The van der Waals surface area contributed by atoms with Crippen molar-refractivity contribution in [2.75, 3.05) is 18.0 Å². The van der Waals surface area contributed by atoms with Gasteiger partial charge in [0.1, 0.15) is 18.3 Å². The summed E-state index contributed by atoms with van der Waals surface area (Å²) < 4.78 is 34.3. The zero-order valence-electron chi connectivity index (χ0n) is 24.3. The molecule has 0 spiro atoms. The molecule has 4 rings (SSSR count). The maximum Gasteiger partial charge on any atom is 0.264 e. The summed E-state index contributed by atoms with van der Waals surface area (Å²) in [5.41, 5.74) is 0.794. The highest BCUT2D eigenvalue weighted by Crippen LogP contribution is 2.33. The van der Waals surface area contributed by atoms with Crippen molar-refractivity contribution >= 4 is 50.7 Å². The van der Waals surface area contributed by atoms with E-state index in [0.717, 1.165) is 42.0 Å². The number of benzene rings is 3. The van der Waals surface area contributed by atoms with Crippen LogP contribution in [0, 0.1) is 0 Å². The number of nitrogens with zero attached hydrogens (tertiary/aromatic N) is 2. The third kappa shape index (κ3) is 8.22.